The van der Waals surface area contributed by atoms with Gasteiger partial charge in [-0.3, -0.25) is 4.98 Å². The lowest BCUT2D eigenvalue weighted by Gasteiger charge is -2.11. The van der Waals surface area contributed by atoms with Crippen LogP contribution in [-0.4, -0.2) is 4.98 Å². The first-order chi connectivity index (χ1) is 7.27. The molecule has 0 radical (unpaired) electrons. The Balaban J connectivity index is 2.32. The first-order valence-electron chi connectivity index (χ1n) is 4.93. The summed E-state index contributed by atoms with van der Waals surface area (Å²) in [6, 6.07) is 12.5. The molecule has 0 bridgehead atoms. The Bertz CT molecular complexity index is 439. The molecule has 1 nitrogen and oxygen atoms in total. The first kappa shape index (κ1) is 10.4. The number of halogens is 1. The van der Waals surface area contributed by atoms with Crippen molar-refractivity contribution in [2.24, 2.45) is 0 Å². The summed E-state index contributed by atoms with van der Waals surface area (Å²) in [6.07, 6.45) is 3.72. The largest absolute Gasteiger partial charge is 0.264 e. The van der Waals surface area contributed by atoms with E-state index >= 15 is 0 Å². The van der Waals surface area contributed by atoms with Gasteiger partial charge in [0, 0.05) is 22.8 Å². The second kappa shape index (κ2) is 4.58. The second-order valence-electron chi connectivity index (χ2n) is 3.56. The fraction of sp³-hybridized carbons (Fsp3) is 0.154. The highest BCUT2D eigenvalue weighted by Crippen LogP contribution is 2.25. The van der Waals surface area contributed by atoms with Gasteiger partial charge in [0.2, 0.25) is 0 Å². The summed E-state index contributed by atoms with van der Waals surface area (Å²) in [5.41, 5.74) is 2.55. The van der Waals surface area contributed by atoms with E-state index in [0.29, 0.717) is 5.92 Å². The Hall–Kier alpha value is -1.15. The third-order valence-corrected chi connectivity index (χ3v) is 3.03. The Morgan fingerprint density at radius 2 is 1.93 bits per heavy atom. The van der Waals surface area contributed by atoms with E-state index < -0.39 is 0 Å². The van der Waals surface area contributed by atoms with Crippen molar-refractivity contribution >= 4 is 15.9 Å². The van der Waals surface area contributed by atoms with Crippen LogP contribution in [0, 0.1) is 0 Å². The molecule has 0 aliphatic carbocycles. The molecule has 0 spiro atoms. The molecule has 2 heteroatoms. The quantitative estimate of drug-likeness (QED) is 0.797. The Labute approximate surface area is 98.3 Å². The maximum Gasteiger partial charge on any atom is 0.0305 e. The zero-order chi connectivity index (χ0) is 10.7. The molecular weight excluding hydrogens is 250 g/mol. The summed E-state index contributed by atoms with van der Waals surface area (Å²) in [4.78, 5) is 4.14. The molecule has 0 aliphatic heterocycles. The minimum absolute atomic E-state index is 0.385. The van der Waals surface area contributed by atoms with Gasteiger partial charge in [0.25, 0.3) is 0 Å². The van der Waals surface area contributed by atoms with Gasteiger partial charge in [-0.05, 0) is 29.3 Å². The number of nitrogens with zero attached hydrogens (tertiary/aromatic N) is 1. The van der Waals surface area contributed by atoms with E-state index in [4.69, 9.17) is 0 Å². The molecule has 1 aromatic carbocycles. The summed E-state index contributed by atoms with van der Waals surface area (Å²) in [6.45, 7) is 2.19. The van der Waals surface area contributed by atoms with Crippen molar-refractivity contribution in [3.63, 3.8) is 0 Å². The summed E-state index contributed by atoms with van der Waals surface area (Å²) in [7, 11) is 0. The Kier molecular flexibility index (Phi) is 3.17. The van der Waals surface area contributed by atoms with Gasteiger partial charge in [0.05, 0.1) is 0 Å². The number of pyridine rings is 1. The molecule has 1 unspecified atom stereocenters. The van der Waals surface area contributed by atoms with Crippen LogP contribution in [0.15, 0.2) is 53.3 Å². The minimum Gasteiger partial charge on any atom is -0.264 e. The SMILES string of the molecule is CC(c1cccnc1)c1cccc(Br)c1. The molecule has 1 atom stereocenters. The van der Waals surface area contributed by atoms with Crippen LogP contribution in [-0.2, 0) is 0 Å². The second-order valence-corrected chi connectivity index (χ2v) is 4.48. The number of benzene rings is 1. The third kappa shape index (κ3) is 2.45. The average molecular weight is 262 g/mol. The van der Waals surface area contributed by atoms with Crippen molar-refractivity contribution in [1.29, 1.82) is 0 Å². The zero-order valence-corrected chi connectivity index (χ0v) is 10.1. The number of hydrogen-bond donors (Lipinski definition) is 0. The number of hydrogen-bond acceptors (Lipinski definition) is 1. The zero-order valence-electron chi connectivity index (χ0n) is 8.52. The highest BCUT2D eigenvalue weighted by Gasteiger charge is 2.07. The van der Waals surface area contributed by atoms with Gasteiger partial charge in [-0.1, -0.05) is 41.1 Å². The van der Waals surface area contributed by atoms with Gasteiger partial charge in [-0.25, -0.2) is 0 Å². The van der Waals surface area contributed by atoms with E-state index in [1.807, 2.05) is 18.3 Å². The summed E-state index contributed by atoms with van der Waals surface area (Å²) in [5.74, 6) is 0.385. The molecule has 0 saturated heterocycles. The average Bonchev–Trinajstić information content (AvgIpc) is 2.29. The molecule has 1 heterocycles. The molecule has 0 fully saturated rings. The molecule has 1 aromatic heterocycles. The number of aromatic nitrogens is 1. The van der Waals surface area contributed by atoms with Crippen LogP contribution in [0.4, 0.5) is 0 Å². The topological polar surface area (TPSA) is 12.9 Å². The fourth-order valence-corrected chi connectivity index (χ4v) is 2.02. The summed E-state index contributed by atoms with van der Waals surface area (Å²) >= 11 is 3.49. The first-order valence-corrected chi connectivity index (χ1v) is 5.72. The molecule has 0 amide bonds. The van der Waals surface area contributed by atoms with Gasteiger partial charge in [-0.15, -0.1) is 0 Å². The highest BCUT2D eigenvalue weighted by molar-refractivity contribution is 9.10. The van der Waals surface area contributed by atoms with E-state index in [-0.39, 0.29) is 0 Å². The Morgan fingerprint density at radius 3 is 2.60 bits per heavy atom. The van der Waals surface area contributed by atoms with Gasteiger partial charge in [0.15, 0.2) is 0 Å². The lowest BCUT2D eigenvalue weighted by Crippen LogP contribution is -1.96. The normalized spacial score (nSPS) is 12.4. The van der Waals surface area contributed by atoms with Crippen LogP contribution in [0.1, 0.15) is 24.0 Å². The maximum atomic E-state index is 4.14. The van der Waals surface area contributed by atoms with Crippen LogP contribution in [0.3, 0.4) is 0 Å². The predicted molar refractivity (Wildman–Crippen MR) is 65.9 cm³/mol. The highest BCUT2D eigenvalue weighted by atomic mass is 79.9. The van der Waals surface area contributed by atoms with Gasteiger partial charge in [-0.2, -0.15) is 0 Å². The van der Waals surface area contributed by atoms with Crippen molar-refractivity contribution in [3.05, 3.63) is 64.4 Å². The third-order valence-electron chi connectivity index (χ3n) is 2.53. The van der Waals surface area contributed by atoms with E-state index in [1.54, 1.807) is 6.20 Å². The van der Waals surface area contributed by atoms with Crippen LogP contribution in [0.25, 0.3) is 0 Å². The molecule has 0 N–H and O–H groups in total. The predicted octanol–water partition coefficient (Wildman–Crippen LogP) is 4.00. The van der Waals surface area contributed by atoms with E-state index in [2.05, 4.69) is 52.1 Å². The van der Waals surface area contributed by atoms with Crippen LogP contribution >= 0.6 is 15.9 Å². The van der Waals surface area contributed by atoms with Gasteiger partial charge < -0.3 is 0 Å². The molecular formula is C13H12BrN. The van der Waals surface area contributed by atoms with Crippen LogP contribution in [0.5, 0.6) is 0 Å². The van der Waals surface area contributed by atoms with Crippen molar-refractivity contribution in [2.45, 2.75) is 12.8 Å². The summed E-state index contributed by atoms with van der Waals surface area (Å²) in [5, 5.41) is 0. The monoisotopic (exact) mass is 261 g/mol. The molecule has 0 saturated carbocycles. The van der Waals surface area contributed by atoms with Gasteiger partial charge in [0.1, 0.15) is 0 Å². The maximum absolute atomic E-state index is 4.14. The van der Waals surface area contributed by atoms with E-state index in [0.717, 1.165) is 4.47 Å². The molecule has 0 aliphatic rings. The number of rotatable bonds is 2. The van der Waals surface area contributed by atoms with Gasteiger partial charge >= 0.3 is 0 Å². The van der Waals surface area contributed by atoms with Crippen LogP contribution in [0.2, 0.25) is 0 Å². The smallest absolute Gasteiger partial charge is 0.0305 e. The van der Waals surface area contributed by atoms with Crippen LogP contribution < -0.4 is 0 Å². The van der Waals surface area contributed by atoms with E-state index in [9.17, 15) is 0 Å². The lowest BCUT2D eigenvalue weighted by molar-refractivity contribution is 0.910. The molecule has 2 aromatic rings. The lowest BCUT2D eigenvalue weighted by atomic mass is 9.95. The minimum atomic E-state index is 0.385. The molecule has 15 heavy (non-hydrogen) atoms. The fourth-order valence-electron chi connectivity index (χ4n) is 1.60. The standard InChI is InChI=1S/C13H12BrN/c1-10(12-5-3-7-15-9-12)11-4-2-6-13(14)8-11/h2-10H,1H3. The molecule has 76 valence electrons. The van der Waals surface area contributed by atoms with Crippen molar-refractivity contribution in [3.8, 4) is 0 Å². The Morgan fingerprint density at radius 1 is 1.13 bits per heavy atom. The molecule has 2 rings (SSSR count). The van der Waals surface area contributed by atoms with E-state index in [1.165, 1.54) is 11.1 Å². The summed E-state index contributed by atoms with van der Waals surface area (Å²) < 4.78 is 1.12. The van der Waals surface area contributed by atoms with Crippen molar-refractivity contribution in [2.75, 3.05) is 0 Å². The van der Waals surface area contributed by atoms with Crippen molar-refractivity contribution in [1.82, 2.24) is 4.98 Å². The van der Waals surface area contributed by atoms with Crippen molar-refractivity contribution < 1.29 is 0 Å².